The molecule has 100 valence electrons. The number of β-amino-alcohol motifs (C(OH)–C–C–N with tert-alkyl or cyclic N) is 1. The molecule has 1 aromatic heterocycles. The Bertz CT molecular complexity index is 584. The number of aliphatic hydroxyl groups is 1. The van der Waals surface area contributed by atoms with Gasteiger partial charge in [0.1, 0.15) is 0 Å². The van der Waals surface area contributed by atoms with Crippen LogP contribution < -0.4 is 0 Å². The number of aliphatic hydroxyl groups excluding tert-OH is 1. The quantitative estimate of drug-likeness (QED) is 0.922. The first-order chi connectivity index (χ1) is 9.29. The van der Waals surface area contributed by atoms with Gasteiger partial charge in [0.05, 0.1) is 19.2 Å². The van der Waals surface area contributed by atoms with Crippen LogP contribution in [0.4, 0.5) is 0 Å². The van der Waals surface area contributed by atoms with Gasteiger partial charge in [-0.05, 0) is 12.5 Å². The van der Waals surface area contributed by atoms with Crippen molar-refractivity contribution < 1.29 is 5.11 Å². The van der Waals surface area contributed by atoms with Crippen LogP contribution in [0.15, 0.2) is 29.4 Å². The van der Waals surface area contributed by atoms with Gasteiger partial charge >= 0.3 is 0 Å². The molecule has 3 rings (SSSR count). The van der Waals surface area contributed by atoms with E-state index in [0.29, 0.717) is 6.54 Å². The highest BCUT2D eigenvalue weighted by Crippen LogP contribution is 2.29. The lowest BCUT2D eigenvalue weighted by atomic mass is 10.1. The zero-order chi connectivity index (χ0) is 13.2. The number of aryl methyl sites for hydroxylation is 1. The van der Waals surface area contributed by atoms with Gasteiger partial charge in [-0.1, -0.05) is 36.0 Å². The minimum Gasteiger partial charge on any atom is -0.395 e. The van der Waals surface area contributed by atoms with E-state index in [1.807, 2.05) is 12.1 Å². The zero-order valence-electron chi connectivity index (χ0n) is 10.8. The first-order valence-electron chi connectivity index (χ1n) is 6.25. The largest absolute Gasteiger partial charge is 0.395 e. The van der Waals surface area contributed by atoms with Crippen molar-refractivity contribution in [3.05, 3.63) is 29.8 Å². The summed E-state index contributed by atoms with van der Waals surface area (Å²) in [6.45, 7) is 3.67. The van der Waals surface area contributed by atoms with Crippen LogP contribution in [0.2, 0.25) is 0 Å². The Balaban J connectivity index is 1.97. The minimum atomic E-state index is 0.178. The molecule has 1 N–H and O–H groups in total. The van der Waals surface area contributed by atoms with Crippen molar-refractivity contribution in [2.75, 3.05) is 19.0 Å². The lowest BCUT2D eigenvalue weighted by Crippen LogP contribution is -2.32. The molecule has 1 aliphatic rings. The highest BCUT2D eigenvalue weighted by atomic mass is 32.2. The Morgan fingerprint density at radius 1 is 1.32 bits per heavy atom. The number of fused-ring (bicyclic) bond motifs is 1. The number of rotatable bonds is 3. The molecule has 2 aromatic rings. The van der Waals surface area contributed by atoms with E-state index in [1.54, 1.807) is 11.8 Å². The second-order valence-electron chi connectivity index (χ2n) is 4.58. The third-order valence-electron chi connectivity index (χ3n) is 3.24. The summed E-state index contributed by atoms with van der Waals surface area (Å²) in [5.41, 5.74) is 2.31. The molecule has 0 atom stereocenters. The van der Waals surface area contributed by atoms with Crippen LogP contribution in [0, 0.1) is 6.92 Å². The summed E-state index contributed by atoms with van der Waals surface area (Å²) in [5, 5.41) is 18.6. The summed E-state index contributed by atoms with van der Waals surface area (Å²) >= 11 is 1.66. The molecule has 0 saturated heterocycles. The van der Waals surface area contributed by atoms with E-state index >= 15 is 0 Å². The fourth-order valence-corrected chi connectivity index (χ4v) is 3.12. The topological polar surface area (TPSA) is 54.2 Å². The maximum Gasteiger partial charge on any atom is 0.193 e. The molecule has 0 spiro atoms. The maximum atomic E-state index is 9.06. The molecular formula is C13H16N4OS. The highest BCUT2D eigenvalue weighted by molar-refractivity contribution is 7.99. The molecule has 0 saturated carbocycles. The van der Waals surface area contributed by atoms with E-state index in [0.717, 1.165) is 29.1 Å². The van der Waals surface area contributed by atoms with Crippen LogP contribution in [0.25, 0.3) is 11.4 Å². The molecule has 2 heterocycles. The number of aromatic nitrogens is 3. The molecule has 0 unspecified atom stereocenters. The summed E-state index contributed by atoms with van der Waals surface area (Å²) in [4.78, 5) is 2.18. The number of thioether (sulfide) groups is 1. The fourth-order valence-electron chi connectivity index (χ4n) is 2.21. The number of hydrogen-bond donors (Lipinski definition) is 1. The molecular weight excluding hydrogens is 260 g/mol. The van der Waals surface area contributed by atoms with Gasteiger partial charge in [0.25, 0.3) is 0 Å². The molecule has 0 aliphatic carbocycles. The van der Waals surface area contributed by atoms with Crippen LogP contribution in [0.1, 0.15) is 5.56 Å². The van der Waals surface area contributed by atoms with E-state index < -0.39 is 0 Å². The third-order valence-corrected chi connectivity index (χ3v) is 4.29. The van der Waals surface area contributed by atoms with Crippen LogP contribution >= 0.6 is 11.8 Å². The van der Waals surface area contributed by atoms with E-state index in [2.05, 4.69) is 38.7 Å². The highest BCUT2D eigenvalue weighted by Gasteiger charge is 2.22. The van der Waals surface area contributed by atoms with Crippen molar-refractivity contribution >= 4 is 11.8 Å². The van der Waals surface area contributed by atoms with Crippen LogP contribution in [-0.2, 0) is 6.67 Å². The first-order valence-corrected chi connectivity index (χ1v) is 7.23. The molecule has 1 aliphatic heterocycles. The first kappa shape index (κ1) is 12.7. The second kappa shape index (κ2) is 5.32. The third kappa shape index (κ3) is 2.39. The van der Waals surface area contributed by atoms with Crippen molar-refractivity contribution in [1.82, 2.24) is 19.7 Å². The smallest absolute Gasteiger partial charge is 0.193 e. The molecule has 0 bridgehead atoms. The zero-order valence-corrected chi connectivity index (χ0v) is 11.6. The lowest BCUT2D eigenvalue weighted by Gasteiger charge is -2.27. The Labute approximate surface area is 116 Å². The Morgan fingerprint density at radius 3 is 2.95 bits per heavy atom. The van der Waals surface area contributed by atoms with Crippen molar-refractivity contribution in [3.8, 4) is 11.4 Å². The second-order valence-corrected chi connectivity index (χ2v) is 5.49. The minimum absolute atomic E-state index is 0.178. The number of benzene rings is 1. The number of hydrogen-bond acceptors (Lipinski definition) is 5. The molecule has 0 amide bonds. The van der Waals surface area contributed by atoms with Crippen molar-refractivity contribution in [1.29, 1.82) is 0 Å². The monoisotopic (exact) mass is 276 g/mol. The van der Waals surface area contributed by atoms with Crippen molar-refractivity contribution in [2.45, 2.75) is 18.7 Å². The molecule has 0 radical (unpaired) electrons. The van der Waals surface area contributed by atoms with Gasteiger partial charge < -0.3 is 5.11 Å². The number of nitrogens with zero attached hydrogens (tertiary/aromatic N) is 4. The van der Waals surface area contributed by atoms with E-state index in [4.69, 9.17) is 5.11 Å². The van der Waals surface area contributed by atoms with E-state index in [1.165, 1.54) is 5.56 Å². The summed E-state index contributed by atoms with van der Waals surface area (Å²) in [7, 11) is 0. The summed E-state index contributed by atoms with van der Waals surface area (Å²) in [5.74, 6) is 1.76. The van der Waals surface area contributed by atoms with E-state index in [9.17, 15) is 0 Å². The Hall–Kier alpha value is -1.37. The molecule has 5 nitrogen and oxygen atoms in total. The lowest BCUT2D eigenvalue weighted by molar-refractivity contribution is 0.178. The normalized spacial score (nSPS) is 15.5. The maximum absolute atomic E-state index is 9.06. The standard InChI is InChI=1S/C13H16N4OS/c1-10-4-2-3-5-11(10)12-14-15-13-17(12)8-16(6-7-18)9-19-13/h2-5,18H,6-9H2,1H3. The van der Waals surface area contributed by atoms with Crippen molar-refractivity contribution in [3.63, 3.8) is 0 Å². The average molecular weight is 276 g/mol. The fraction of sp³-hybridized carbons (Fsp3) is 0.385. The van der Waals surface area contributed by atoms with Gasteiger partial charge in [0, 0.05) is 12.1 Å². The Morgan fingerprint density at radius 2 is 2.16 bits per heavy atom. The van der Waals surface area contributed by atoms with Gasteiger partial charge in [0.2, 0.25) is 0 Å². The van der Waals surface area contributed by atoms with Gasteiger partial charge in [-0.3, -0.25) is 9.47 Å². The van der Waals surface area contributed by atoms with Crippen molar-refractivity contribution in [2.24, 2.45) is 0 Å². The molecule has 1 aromatic carbocycles. The Kier molecular flexibility index (Phi) is 3.54. The average Bonchev–Trinajstić information content (AvgIpc) is 2.83. The SMILES string of the molecule is Cc1ccccc1-c1nnc2n1CN(CCO)CS2. The van der Waals surface area contributed by atoms with Gasteiger partial charge in [-0.25, -0.2) is 0 Å². The summed E-state index contributed by atoms with van der Waals surface area (Å²) in [6.07, 6.45) is 0. The summed E-state index contributed by atoms with van der Waals surface area (Å²) in [6, 6.07) is 8.20. The van der Waals surface area contributed by atoms with Crippen LogP contribution in [-0.4, -0.2) is 43.8 Å². The molecule has 6 heteroatoms. The predicted octanol–water partition coefficient (Wildman–Crippen LogP) is 1.57. The van der Waals surface area contributed by atoms with Crippen LogP contribution in [0.5, 0.6) is 0 Å². The van der Waals surface area contributed by atoms with Gasteiger partial charge in [0.15, 0.2) is 11.0 Å². The van der Waals surface area contributed by atoms with Gasteiger partial charge in [-0.15, -0.1) is 10.2 Å². The van der Waals surface area contributed by atoms with E-state index in [-0.39, 0.29) is 6.61 Å². The summed E-state index contributed by atoms with van der Waals surface area (Å²) < 4.78 is 2.12. The predicted molar refractivity (Wildman–Crippen MR) is 74.7 cm³/mol. The van der Waals surface area contributed by atoms with Crippen LogP contribution in [0.3, 0.4) is 0 Å². The molecule has 0 fully saturated rings. The molecule has 19 heavy (non-hydrogen) atoms. The van der Waals surface area contributed by atoms with Gasteiger partial charge in [-0.2, -0.15) is 0 Å².